The van der Waals surface area contributed by atoms with Crippen LogP contribution in [0.25, 0.3) is 0 Å². The van der Waals surface area contributed by atoms with Gasteiger partial charge < -0.3 is 4.52 Å². The summed E-state index contributed by atoms with van der Waals surface area (Å²) in [4.78, 5) is 0. The van der Waals surface area contributed by atoms with E-state index < -0.39 is 52.6 Å². The lowest BCUT2D eigenvalue weighted by molar-refractivity contribution is -0.136. The average molecular weight is 319 g/mol. The Hall–Kier alpha value is -0.160. The van der Waals surface area contributed by atoms with Crippen LogP contribution >= 0.6 is 24.7 Å². The van der Waals surface area contributed by atoms with Gasteiger partial charge in [0, 0.05) is 6.42 Å². The summed E-state index contributed by atoms with van der Waals surface area (Å²) in [6, 6.07) is 0. The van der Waals surface area contributed by atoms with Crippen molar-refractivity contribution in [1.82, 2.24) is 13.1 Å². The van der Waals surface area contributed by atoms with E-state index in [4.69, 9.17) is 0 Å². The van der Waals surface area contributed by atoms with Crippen molar-refractivity contribution in [2.24, 2.45) is 0 Å². The van der Waals surface area contributed by atoms with Gasteiger partial charge in [-0.25, -0.2) is 0 Å². The molecule has 1 aromatic rings. The third-order valence-corrected chi connectivity index (χ3v) is 5.32. The van der Waals surface area contributed by atoms with E-state index in [1.54, 1.807) is 0 Å². The molecule has 0 bridgehead atoms. The molecule has 4 nitrogen and oxygen atoms in total. The maximum atomic E-state index is 12.9. The molecular formula is C4H6F6N3OP3. The van der Waals surface area contributed by atoms with E-state index in [2.05, 4.69) is 9.03 Å². The molecule has 100 valence electrons. The third kappa shape index (κ3) is 4.92. The van der Waals surface area contributed by atoms with Gasteiger partial charge in [-0.05, 0) is 6.42 Å². The number of hydrogen-bond acceptors (Lipinski definition) is 2. The van der Waals surface area contributed by atoms with Crippen molar-refractivity contribution in [3.05, 3.63) is 0 Å². The largest absolute Gasteiger partial charge is 0.389 e. The third-order valence-electron chi connectivity index (χ3n) is 1.42. The minimum atomic E-state index is -4.32. The molecule has 0 aliphatic rings. The fraction of sp³-hybridized carbons (Fsp3) is 1.00. The molecule has 13 heteroatoms. The number of hydrogen-bond donors (Lipinski definition) is 0. The van der Waals surface area contributed by atoms with E-state index in [1.165, 1.54) is 0 Å². The molecule has 0 N–H and O–H groups in total. The Balaban J connectivity index is 2.51. The molecule has 0 aliphatic carbocycles. The Labute approximate surface area is 95.2 Å². The normalized spacial score (nSPS) is 14.5. The fourth-order valence-electron chi connectivity index (χ4n) is 0.750. The van der Waals surface area contributed by atoms with Crippen molar-refractivity contribution in [2.45, 2.75) is 19.0 Å². The summed E-state index contributed by atoms with van der Waals surface area (Å²) >= 11 is 0. The summed E-state index contributed by atoms with van der Waals surface area (Å²) in [6.45, 7) is -0.417. The van der Waals surface area contributed by atoms with Gasteiger partial charge >= 0.3 is 6.18 Å². The molecule has 1 aromatic heterocycles. The minimum Gasteiger partial charge on any atom is -0.302 e. The molecule has 2 unspecified atom stereocenters. The van der Waals surface area contributed by atoms with Gasteiger partial charge in [0.05, 0.1) is 6.61 Å². The van der Waals surface area contributed by atoms with E-state index in [9.17, 15) is 26.3 Å². The highest BCUT2D eigenvalue weighted by Crippen LogP contribution is 2.39. The standard InChI is InChI=1S/C4H6F6N3OP3/c5-4(6,7)2-1-3-14-17-11-15-12(8)16(10)13(17)9/h1-3H2. The monoisotopic (exact) mass is 319 g/mol. The van der Waals surface area contributed by atoms with Crippen LogP contribution in [-0.4, -0.2) is 25.9 Å². The number of halogens is 6. The second kappa shape index (κ2) is 6.14. The molecule has 0 radical (unpaired) electrons. The van der Waals surface area contributed by atoms with Gasteiger partial charge in [0.1, 0.15) is 0 Å². The quantitative estimate of drug-likeness (QED) is 0.611. The van der Waals surface area contributed by atoms with Gasteiger partial charge in [0.2, 0.25) is 8.08 Å². The molecule has 0 amide bonds. The highest BCUT2D eigenvalue weighted by molar-refractivity contribution is 7.55. The first-order chi connectivity index (χ1) is 7.81. The predicted octanol–water partition coefficient (Wildman–Crippen LogP) is 4.33. The zero-order chi connectivity index (χ0) is 13.1. The topological polar surface area (TPSA) is 32.0 Å². The lowest BCUT2D eigenvalue weighted by atomic mass is 10.3. The Morgan fingerprint density at radius 1 is 1.29 bits per heavy atom. The Morgan fingerprint density at radius 2 is 1.94 bits per heavy atom. The number of alkyl halides is 3. The zero-order valence-electron chi connectivity index (χ0n) is 7.98. The van der Waals surface area contributed by atoms with Crippen molar-refractivity contribution in [3.63, 3.8) is 0 Å². The van der Waals surface area contributed by atoms with Crippen LogP contribution in [0, 0.1) is 0 Å². The Bertz CT molecular complexity index is 403. The van der Waals surface area contributed by atoms with Crippen molar-refractivity contribution in [2.75, 3.05) is 6.61 Å². The highest BCUT2D eigenvalue weighted by Gasteiger charge is 2.26. The van der Waals surface area contributed by atoms with Crippen LogP contribution < -0.4 is 4.52 Å². The highest BCUT2D eigenvalue weighted by atomic mass is 31.2. The second-order valence-electron chi connectivity index (χ2n) is 2.71. The van der Waals surface area contributed by atoms with Crippen LogP contribution in [0.4, 0.5) is 26.3 Å². The first-order valence-corrected chi connectivity index (χ1v) is 7.20. The van der Waals surface area contributed by atoms with Gasteiger partial charge in [-0.2, -0.15) is 13.2 Å². The van der Waals surface area contributed by atoms with Gasteiger partial charge in [-0.3, -0.25) is 0 Å². The van der Waals surface area contributed by atoms with E-state index in [0.717, 1.165) is 0 Å². The van der Waals surface area contributed by atoms with E-state index in [1.807, 2.05) is 0 Å². The van der Waals surface area contributed by atoms with Gasteiger partial charge in [0.15, 0.2) is 8.51 Å². The lowest BCUT2D eigenvalue weighted by Crippen LogP contribution is -2.09. The summed E-state index contributed by atoms with van der Waals surface area (Å²) in [5.74, 6) is 0. The zero-order valence-corrected chi connectivity index (χ0v) is 10.7. The maximum absolute atomic E-state index is 12.9. The van der Waals surface area contributed by atoms with Gasteiger partial charge in [-0.1, -0.05) is 17.6 Å². The van der Waals surface area contributed by atoms with Crippen molar-refractivity contribution < 1.29 is 30.9 Å². The summed E-state index contributed by atoms with van der Waals surface area (Å²) in [5.41, 5.74) is 0. The molecule has 0 fully saturated rings. The molecule has 0 saturated carbocycles. The van der Waals surface area contributed by atoms with Crippen LogP contribution in [0.1, 0.15) is 12.8 Å². The fourth-order valence-corrected chi connectivity index (χ4v) is 4.45. The van der Waals surface area contributed by atoms with Crippen LogP contribution in [0.2, 0.25) is 0 Å². The first-order valence-electron chi connectivity index (χ1n) is 4.10. The van der Waals surface area contributed by atoms with Crippen LogP contribution in [-0.2, 0) is 0 Å². The van der Waals surface area contributed by atoms with E-state index in [-0.39, 0.29) is 6.42 Å². The number of aromatic nitrogens is 3. The van der Waals surface area contributed by atoms with E-state index in [0.29, 0.717) is 0 Å². The summed E-state index contributed by atoms with van der Waals surface area (Å²) in [6.07, 6.45) is -5.79. The predicted molar refractivity (Wildman–Crippen MR) is 52.0 cm³/mol. The van der Waals surface area contributed by atoms with Crippen molar-refractivity contribution in [3.8, 4) is 0 Å². The molecule has 2 atom stereocenters. The van der Waals surface area contributed by atoms with Crippen molar-refractivity contribution >= 4 is 24.7 Å². The van der Waals surface area contributed by atoms with Crippen molar-refractivity contribution in [1.29, 1.82) is 0 Å². The maximum Gasteiger partial charge on any atom is 0.389 e. The van der Waals surface area contributed by atoms with Crippen LogP contribution in [0.3, 0.4) is 0 Å². The van der Waals surface area contributed by atoms with Gasteiger partial charge in [0.25, 0.3) is 8.16 Å². The second-order valence-corrected chi connectivity index (χ2v) is 6.88. The molecule has 0 aromatic carbocycles. The van der Waals surface area contributed by atoms with Gasteiger partial charge in [-0.15, -0.1) is 8.71 Å². The molecule has 17 heavy (non-hydrogen) atoms. The molecule has 1 rings (SSSR count). The lowest BCUT2D eigenvalue weighted by Gasteiger charge is -2.07. The number of nitrogens with zero attached hydrogens (tertiary/aromatic N) is 3. The summed E-state index contributed by atoms with van der Waals surface area (Å²) < 4.78 is 80.3. The molecule has 0 spiro atoms. The molecular weight excluding hydrogens is 313 g/mol. The average Bonchev–Trinajstić information content (AvgIpc) is 2.22. The van der Waals surface area contributed by atoms with Crippen LogP contribution in [0.5, 0.6) is 0 Å². The minimum absolute atomic E-state index is 0.383. The van der Waals surface area contributed by atoms with E-state index >= 15 is 0 Å². The smallest absolute Gasteiger partial charge is 0.302 e. The Kier molecular flexibility index (Phi) is 5.38. The molecule has 0 saturated heterocycles. The Morgan fingerprint density at radius 3 is 2.53 bits per heavy atom. The first kappa shape index (κ1) is 14.9. The molecule has 1 heterocycles. The summed E-state index contributed by atoms with van der Waals surface area (Å²) in [5, 5.41) is 0. The van der Waals surface area contributed by atoms with Crippen LogP contribution in [0.15, 0.2) is 0 Å². The SMILES string of the molecule is Fn1pnp(OCCCC(F)(F)F)n(F)p1F. The number of rotatable bonds is 4. The summed E-state index contributed by atoms with van der Waals surface area (Å²) in [7, 11) is -6.09. The molecule has 0 aliphatic heterocycles.